The number of piperidine rings is 1. The molecule has 0 aromatic carbocycles. The Hall–Kier alpha value is -3.81. The van der Waals surface area contributed by atoms with Crippen molar-refractivity contribution in [1.29, 1.82) is 0 Å². The van der Waals surface area contributed by atoms with E-state index in [4.69, 9.17) is 9.47 Å². The minimum Gasteiger partial charge on any atom is -0.378 e. The normalized spacial score (nSPS) is 19.3. The molecular weight excluding hydrogens is 986 g/mol. The summed E-state index contributed by atoms with van der Waals surface area (Å²) < 4.78 is 79.9. The smallest absolute Gasteiger partial charge is 0.378 e. The number of halogens is 13. The summed E-state index contributed by atoms with van der Waals surface area (Å²) in [6.45, 7) is 22.9. The van der Waals surface area contributed by atoms with Crippen LogP contribution in [0.4, 0.5) is 59.3 Å². The summed E-state index contributed by atoms with van der Waals surface area (Å²) in [5.41, 5.74) is 0. The zero-order chi connectivity index (χ0) is 48.6. The highest BCUT2D eigenvalue weighted by molar-refractivity contribution is 4.92. The first-order valence-corrected chi connectivity index (χ1v) is 25.3. The highest BCUT2D eigenvalue weighted by atomic mass is 19.4. The van der Waals surface area contributed by atoms with Crippen LogP contribution < -0.4 is 0 Å². The van der Waals surface area contributed by atoms with Gasteiger partial charge >= 0.3 is 12.4 Å². The van der Waals surface area contributed by atoms with Crippen molar-refractivity contribution in [3.05, 3.63) is 85.7 Å². The van der Waals surface area contributed by atoms with Gasteiger partial charge in [-0.05, 0) is 136 Å². The van der Waals surface area contributed by atoms with Crippen LogP contribution in [0.5, 0.6) is 0 Å². The van der Waals surface area contributed by atoms with E-state index in [-0.39, 0.29) is 39.0 Å². The third kappa shape index (κ3) is 51.5. The molecule has 0 amide bonds. The van der Waals surface area contributed by atoms with Crippen molar-refractivity contribution in [3.8, 4) is 0 Å². The number of nitrogens with zero attached hydrogens (tertiary/aromatic N) is 5. The molecule has 2 saturated carbocycles. The number of alkyl halides is 6. The van der Waals surface area contributed by atoms with Gasteiger partial charge in [-0.3, -0.25) is 32.9 Å². The third-order valence-corrected chi connectivity index (χ3v) is 11.8. The van der Waals surface area contributed by atoms with Gasteiger partial charge in [-0.25, -0.2) is 0 Å². The number of hydrogen-bond acceptors (Lipinski definition) is 7. The molecule has 0 aromatic rings. The van der Waals surface area contributed by atoms with Crippen LogP contribution in [0.2, 0.25) is 0 Å². The van der Waals surface area contributed by atoms with Gasteiger partial charge in [-0.1, -0.05) is 74.6 Å². The number of rotatable bonds is 7. The van der Waals surface area contributed by atoms with Crippen LogP contribution in [0, 0.1) is 11.8 Å². The maximum Gasteiger partial charge on any atom is 0.411 e. The zero-order valence-electron chi connectivity index (χ0n) is 44.6. The van der Waals surface area contributed by atoms with Crippen LogP contribution in [0.3, 0.4) is 0 Å². The lowest BCUT2D eigenvalue weighted by atomic mass is 9.89. The van der Waals surface area contributed by atoms with Gasteiger partial charge in [-0.15, -0.1) is 0 Å². The lowest BCUT2D eigenvalue weighted by Crippen LogP contribution is -2.32. The molecule has 7 nitrogen and oxygen atoms in total. The average Bonchev–Trinajstić information content (AvgIpc) is 4.15. The predicted octanol–water partition coefficient (Wildman–Crippen LogP) is 15.0. The van der Waals surface area contributed by atoms with Crippen LogP contribution in [0.25, 0.3) is 0 Å². The summed E-state index contributed by atoms with van der Waals surface area (Å²) in [6.07, 6.45) is 38.2. The molecule has 5 saturated heterocycles. The van der Waals surface area contributed by atoms with Crippen LogP contribution in [-0.2, 0) is 9.47 Å². The lowest BCUT2D eigenvalue weighted by Gasteiger charge is -2.25. The Labute approximate surface area is 431 Å². The Bertz CT molecular complexity index is 1240. The molecular formula is C53H98F13N5O2. The van der Waals surface area contributed by atoms with E-state index >= 15 is 0 Å². The van der Waals surface area contributed by atoms with Crippen molar-refractivity contribution < 1.29 is 68.7 Å². The Morgan fingerprint density at radius 3 is 0.822 bits per heavy atom. The molecule has 0 radical (unpaired) electrons. The summed E-state index contributed by atoms with van der Waals surface area (Å²) >= 11 is 0. The van der Waals surface area contributed by atoms with E-state index in [1.165, 1.54) is 116 Å². The summed E-state index contributed by atoms with van der Waals surface area (Å²) in [5.74, 6) is 1.85. The average molecular weight is 1080 g/mol. The molecule has 2 aliphatic carbocycles. The van der Waals surface area contributed by atoms with Gasteiger partial charge in [0, 0.05) is 90.0 Å². The number of hydrogen-bond donors (Lipinski definition) is 0. The van der Waals surface area contributed by atoms with Gasteiger partial charge in [-0.2, -0.15) is 26.3 Å². The molecule has 7 fully saturated rings. The molecule has 0 atom stereocenters. The third-order valence-electron chi connectivity index (χ3n) is 11.8. The van der Waals surface area contributed by atoms with Gasteiger partial charge in [0.05, 0.1) is 26.4 Å². The van der Waals surface area contributed by atoms with E-state index in [9.17, 15) is 26.3 Å². The molecule has 438 valence electrons. The van der Waals surface area contributed by atoms with Crippen LogP contribution >= 0.6 is 0 Å². The van der Waals surface area contributed by atoms with E-state index < -0.39 is 12.4 Å². The number of allylic oxidation sites excluding steroid dienone is 9. The Balaban J connectivity index is -0.000000138. The second-order valence-corrected chi connectivity index (χ2v) is 17.5. The molecule has 0 N–H and O–H groups in total. The molecule has 0 unspecified atom stereocenters. The summed E-state index contributed by atoms with van der Waals surface area (Å²) in [5, 5.41) is 0. The summed E-state index contributed by atoms with van der Waals surface area (Å²) in [7, 11) is 0. The molecule has 0 bridgehead atoms. The number of ether oxygens (including phenoxy) is 2. The Morgan fingerprint density at radius 1 is 0.315 bits per heavy atom. The minimum absolute atomic E-state index is 0. The molecule has 20 heteroatoms. The quantitative estimate of drug-likeness (QED) is 0.186. The van der Waals surface area contributed by atoms with Crippen LogP contribution in [0.1, 0.15) is 137 Å². The van der Waals surface area contributed by atoms with Crippen molar-refractivity contribution in [3.63, 3.8) is 0 Å². The van der Waals surface area contributed by atoms with Gasteiger partial charge < -0.3 is 34.0 Å². The van der Waals surface area contributed by atoms with Crippen LogP contribution in [-0.4, -0.2) is 129 Å². The van der Waals surface area contributed by atoms with E-state index in [0.717, 1.165) is 76.5 Å². The van der Waals surface area contributed by atoms with Crippen molar-refractivity contribution >= 4 is 0 Å². The SMILES string of the molecule is C/C=C/C1CCCC1.C/C=C/C1CCCCC1.C/C=C/N1CCCC1.C/C=C/N1CCCCC1.C/C=C/N1CCOCC1.F.F.F.F.F.F.F.FC(F)(F)/C=C/N1CCCC1.FC(F)(F)/C=C/N1CCOCC1. The van der Waals surface area contributed by atoms with Crippen molar-refractivity contribution in [1.82, 2.24) is 24.5 Å². The summed E-state index contributed by atoms with van der Waals surface area (Å²) in [4.78, 5) is 10.3. The van der Waals surface area contributed by atoms with Crippen molar-refractivity contribution in [2.45, 2.75) is 150 Å². The fourth-order valence-electron chi connectivity index (χ4n) is 8.33. The first kappa shape index (κ1) is 83.2. The molecule has 5 aliphatic heterocycles. The standard InChI is InChI=1S/C9H16.C8H15N.C8H14.C7H10F3NO.C7H10F3N.C7H13NO.C7H13N.7FH/c2*1-2-6-9-7-4-3-5-8-9;1-2-5-8-6-3-4-7-8;8-7(9,10)1-2-11-3-5-12-6-4-11;8-7(9,10)3-6-11-4-1-2-5-11;1-2-3-8-4-6-9-7-5-8;1-2-5-8-6-3-4-7-8;;;;;;;/h2,6,9H,3-5,7-8H2,1H3;2,6H,3-5,7-8H2,1H3;2,5,8H,3-4,6-7H2,1H3;1-2H,3-6H2;3,6H,1-2,4-5H2;2-3H,4-7H2,1H3;2,5H,3-4,6-7H2,1H3;7*1H/b2*6-2+;5-2+;2-1+;6-3+;3-2+;5-2+;;;;;;;. The second kappa shape index (κ2) is 54.5. The second-order valence-electron chi connectivity index (χ2n) is 17.5. The molecule has 7 aliphatic rings. The first-order chi connectivity index (χ1) is 31.8. The molecule has 73 heavy (non-hydrogen) atoms. The molecule has 0 aromatic heterocycles. The highest BCUT2D eigenvalue weighted by Crippen LogP contribution is 2.26. The van der Waals surface area contributed by atoms with Gasteiger partial charge in [0.25, 0.3) is 0 Å². The first-order valence-electron chi connectivity index (χ1n) is 25.3. The van der Waals surface area contributed by atoms with Gasteiger partial charge in [0.15, 0.2) is 0 Å². The summed E-state index contributed by atoms with van der Waals surface area (Å²) in [6, 6.07) is 0. The lowest BCUT2D eigenvalue weighted by molar-refractivity contribution is -0.0819. The Morgan fingerprint density at radius 2 is 0.548 bits per heavy atom. The fraction of sp³-hybridized carbons (Fsp3) is 0.736. The maximum absolute atomic E-state index is 11.7. The van der Waals surface area contributed by atoms with Gasteiger partial charge in [0.2, 0.25) is 0 Å². The van der Waals surface area contributed by atoms with E-state index in [0.29, 0.717) is 32.4 Å². The van der Waals surface area contributed by atoms with Crippen molar-refractivity contribution in [2.75, 3.05) is 91.9 Å². The predicted molar refractivity (Wildman–Crippen MR) is 282 cm³/mol. The monoisotopic (exact) mass is 1080 g/mol. The van der Waals surface area contributed by atoms with Gasteiger partial charge in [0.1, 0.15) is 0 Å². The number of likely N-dealkylation sites (tertiary alicyclic amines) is 3. The van der Waals surface area contributed by atoms with E-state index in [2.05, 4.69) is 104 Å². The van der Waals surface area contributed by atoms with Crippen molar-refractivity contribution in [2.24, 2.45) is 11.8 Å². The van der Waals surface area contributed by atoms with E-state index in [1.807, 2.05) is 6.92 Å². The van der Waals surface area contributed by atoms with E-state index in [1.54, 1.807) is 9.80 Å². The number of morpholine rings is 2. The zero-order valence-corrected chi connectivity index (χ0v) is 44.6. The highest BCUT2D eigenvalue weighted by Gasteiger charge is 2.23. The maximum atomic E-state index is 11.7. The Kier molecular flexibility index (Phi) is 62.0. The topological polar surface area (TPSA) is 34.7 Å². The molecule has 5 heterocycles. The molecule has 0 spiro atoms. The minimum atomic E-state index is -4.21. The van der Waals surface area contributed by atoms with Crippen LogP contribution in [0.15, 0.2) is 85.7 Å². The fourth-order valence-corrected chi connectivity index (χ4v) is 8.33. The molecule has 7 rings (SSSR count). The largest absolute Gasteiger partial charge is 0.411 e.